The fraction of sp³-hybridized carbons (Fsp3) is 0.231. The van der Waals surface area contributed by atoms with Crippen molar-refractivity contribution in [1.82, 2.24) is 10.2 Å². The molecule has 0 bridgehead atoms. The number of carboxylic acids is 1. The van der Waals surface area contributed by atoms with E-state index in [9.17, 15) is 28.5 Å². The molecule has 0 radical (unpaired) electrons. The molecule has 1 fully saturated rings. The zero-order valence-electron chi connectivity index (χ0n) is 19.6. The van der Waals surface area contributed by atoms with E-state index in [0.29, 0.717) is 11.2 Å². The molecule has 2 aromatic carbocycles. The summed E-state index contributed by atoms with van der Waals surface area (Å²) in [5.74, 6) is -2.14. The first-order valence-electron chi connectivity index (χ1n) is 11.4. The molecule has 2 N–H and O–H groups in total. The maximum absolute atomic E-state index is 13.1. The van der Waals surface area contributed by atoms with Crippen molar-refractivity contribution >= 4 is 51.3 Å². The number of amides is 2. The molecule has 1 aromatic heterocycles. The van der Waals surface area contributed by atoms with Crippen LogP contribution in [-0.2, 0) is 31.6 Å². The standard InChI is InChI=1S/C26H22N2O7S2/c1-14-9-21(30)35-19-11-17(7-8-18(14)19)36-12-16-13-37(34)25-22(24(31)28(25)23(16)26(32)33)27-20(29)10-15-5-3-2-4-6-15/h2-9,11,22,25H,10,12-13H2,1H3,(H,27,29)(H,32,33)/t22-,25-,37?/m1/s1. The van der Waals surface area contributed by atoms with Crippen LogP contribution >= 0.6 is 11.8 Å². The van der Waals surface area contributed by atoms with Crippen LogP contribution in [0.15, 0.2) is 80.0 Å². The van der Waals surface area contributed by atoms with Gasteiger partial charge in [0.25, 0.3) is 5.91 Å². The number of benzene rings is 2. The molecule has 1 saturated heterocycles. The highest BCUT2D eigenvalue weighted by Gasteiger charge is 2.57. The van der Waals surface area contributed by atoms with Crippen molar-refractivity contribution in [2.24, 2.45) is 0 Å². The van der Waals surface area contributed by atoms with E-state index in [0.717, 1.165) is 26.3 Å². The third-order valence-corrected chi connectivity index (χ3v) is 9.00. The van der Waals surface area contributed by atoms with Crippen LogP contribution in [0.25, 0.3) is 11.0 Å². The largest absolute Gasteiger partial charge is 0.477 e. The van der Waals surface area contributed by atoms with Gasteiger partial charge in [0, 0.05) is 22.1 Å². The van der Waals surface area contributed by atoms with E-state index in [2.05, 4.69) is 5.32 Å². The summed E-state index contributed by atoms with van der Waals surface area (Å²) in [6.07, 6.45) is 0.0545. The highest BCUT2D eigenvalue weighted by atomic mass is 32.2. The summed E-state index contributed by atoms with van der Waals surface area (Å²) in [4.78, 5) is 51.0. The molecule has 0 spiro atoms. The van der Waals surface area contributed by atoms with Crippen molar-refractivity contribution in [2.75, 3.05) is 11.5 Å². The lowest BCUT2D eigenvalue weighted by molar-refractivity contribution is -0.150. The third-order valence-electron chi connectivity index (χ3n) is 6.27. The highest BCUT2D eigenvalue weighted by Crippen LogP contribution is 2.37. The van der Waals surface area contributed by atoms with E-state index in [1.54, 1.807) is 30.3 Å². The molecule has 190 valence electrons. The predicted molar refractivity (Wildman–Crippen MR) is 138 cm³/mol. The third kappa shape index (κ3) is 4.84. The van der Waals surface area contributed by atoms with Crippen molar-refractivity contribution in [3.8, 4) is 0 Å². The summed E-state index contributed by atoms with van der Waals surface area (Å²) in [5.41, 5.74) is 1.68. The molecule has 2 amide bonds. The molecular weight excluding hydrogens is 516 g/mol. The lowest BCUT2D eigenvalue weighted by atomic mass is 10.0. The van der Waals surface area contributed by atoms with Gasteiger partial charge in [0.1, 0.15) is 22.7 Å². The van der Waals surface area contributed by atoms with Gasteiger partial charge in [-0.3, -0.25) is 18.7 Å². The van der Waals surface area contributed by atoms with Gasteiger partial charge in [-0.15, -0.1) is 11.8 Å². The van der Waals surface area contributed by atoms with Crippen LogP contribution in [0.5, 0.6) is 0 Å². The van der Waals surface area contributed by atoms with Crippen LogP contribution in [0.2, 0.25) is 0 Å². The lowest BCUT2D eigenvalue weighted by Crippen LogP contribution is -2.73. The first-order valence-corrected chi connectivity index (χ1v) is 13.8. The van der Waals surface area contributed by atoms with Crippen molar-refractivity contribution in [2.45, 2.75) is 29.7 Å². The minimum absolute atomic E-state index is 0.0318. The van der Waals surface area contributed by atoms with Crippen LogP contribution < -0.4 is 10.9 Å². The molecule has 0 saturated carbocycles. The van der Waals surface area contributed by atoms with Gasteiger partial charge in [-0.05, 0) is 41.8 Å². The second-order valence-electron chi connectivity index (χ2n) is 8.78. The average molecular weight is 539 g/mol. The molecule has 37 heavy (non-hydrogen) atoms. The Morgan fingerprint density at radius 2 is 1.92 bits per heavy atom. The quantitative estimate of drug-likeness (QED) is 0.266. The van der Waals surface area contributed by atoms with Gasteiger partial charge in [-0.25, -0.2) is 9.59 Å². The summed E-state index contributed by atoms with van der Waals surface area (Å²) < 4.78 is 18.3. The van der Waals surface area contributed by atoms with Gasteiger partial charge in [0.2, 0.25) is 5.91 Å². The maximum Gasteiger partial charge on any atom is 0.352 e. The lowest BCUT2D eigenvalue weighted by Gasteiger charge is -2.49. The van der Waals surface area contributed by atoms with E-state index in [1.165, 1.54) is 17.8 Å². The van der Waals surface area contributed by atoms with Gasteiger partial charge < -0.3 is 14.8 Å². The monoisotopic (exact) mass is 538 g/mol. The minimum atomic E-state index is -1.60. The Labute approximate surface area is 218 Å². The summed E-state index contributed by atoms with van der Waals surface area (Å²) in [5, 5.41) is 12.4. The number of hydrogen-bond donors (Lipinski definition) is 2. The van der Waals surface area contributed by atoms with Gasteiger partial charge in [-0.1, -0.05) is 30.3 Å². The van der Waals surface area contributed by atoms with Crippen molar-refractivity contribution < 1.29 is 28.1 Å². The molecular formula is C26H22N2O7S2. The van der Waals surface area contributed by atoms with E-state index in [1.807, 2.05) is 25.1 Å². The maximum atomic E-state index is 13.1. The molecule has 2 aliphatic rings. The molecule has 3 heterocycles. The van der Waals surface area contributed by atoms with Gasteiger partial charge in [0.05, 0.1) is 23.0 Å². The van der Waals surface area contributed by atoms with Crippen molar-refractivity contribution in [1.29, 1.82) is 0 Å². The van der Waals surface area contributed by atoms with Crippen molar-refractivity contribution in [3.05, 3.63) is 87.4 Å². The number of carbonyl (C=O) groups is 3. The number of nitrogens with zero attached hydrogens (tertiary/aromatic N) is 1. The number of thioether (sulfide) groups is 1. The number of fused-ring (bicyclic) bond motifs is 2. The molecule has 1 unspecified atom stereocenters. The van der Waals surface area contributed by atoms with Gasteiger partial charge in [-0.2, -0.15) is 0 Å². The fourth-order valence-corrected chi connectivity index (χ4v) is 7.28. The second kappa shape index (κ2) is 9.98. The van der Waals surface area contributed by atoms with Crippen LogP contribution in [0, 0.1) is 6.92 Å². The Bertz CT molecular complexity index is 1550. The Balaban J connectivity index is 1.33. The molecule has 2 aliphatic heterocycles. The molecule has 5 rings (SSSR count). The van der Waals surface area contributed by atoms with Crippen LogP contribution in [0.4, 0.5) is 0 Å². The summed E-state index contributed by atoms with van der Waals surface area (Å²) in [6.45, 7) is 1.81. The SMILES string of the molecule is Cc1cc(=O)oc2cc(SCC3=C(C(=O)O)N4C(=O)[C@@H](NC(=O)Cc5ccccc5)[C@H]4S(=O)C3)ccc12. The Morgan fingerprint density at radius 3 is 2.65 bits per heavy atom. The van der Waals surface area contributed by atoms with E-state index >= 15 is 0 Å². The molecule has 11 heteroatoms. The number of carbonyl (C=O) groups excluding carboxylic acids is 2. The second-order valence-corrected chi connectivity index (χ2v) is 11.4. The smallest absolute Gasteiger partial charge is 0.352 e. The number of β-lactam (4-membered cyclic amide) rings is 1. The number of hydrogen-bond acceptors (Lipinski definition) is 7. The zero-order valence-corrected chi connectivity index (χ0v) is 21.3. The van der Waals surface area contributed by atoms with E-state index < -0.39 is 45.6 Å². The summed E-state index contributed by atoms with van der Waals surface area (Å²) in [7, 11) is -1.60. The number of nitrogens with one attached hydrogen (secondary N) is 1. The predicted octanol–water partition coefficient (Wildman–Crippen LogP) is 2.19. The van der Waals surface area contributed by atoms with Crippen LogP contribution in [0.1, 0.15) is 11.1 Å². The van der Waals surface area contributed by atoms with Crippen LogP contribution in [0.3, 0.4) is 0 Å². The molecule has 3 aromatic rings. The Morgan fingerprint density at radius 1 is 1.16 bits per heavy atom. The molecule has 3 atom stereocenters. The highest BCUT2D eigenvalue weighted by molar-refractivity contribution is 7.99. The molecule has 0 aliphatic carbocycles. The Hall–Kier alpha value is -3.70. The zero-order chi connectivity index (χ0) is 26.3. The van der Waals surface area contributed by atoms with Crippen LogP contribution in [-0.4, -0.2) is 54.9 Å². The fourth-order valence-electron chi connectivity index (χ4n) is 4.54. The summed E-state index contributed by atoms with van der Waals surface area (Å²) >= 11 is 1.29. The number of rotatable bonds is 7. The topological polar surface area (TPSA) is 134 Å². The normalized spacial score (nSPS) is 20.9. The number of aryl methyl sites for hydroxylation is 1. The summed E-state index contributed by atoms with van der Waals surface area (Å²) in [6, 6.07) is 14.7. The minimum Gasteiger partial charge on any atom is -0.477 e. The molecule has 9 nitrogen and oxygen atoms in total. The van der Waals surface area contributed by atoms with E-state index in [4.69, 9.17) is 4.42 Å². The average Bonchev–Trinajstić information content (AvgIpc) is 2.85. The number of aliphatic carboxylic acids is 1. The Kier molecular flexibility index (Phi) is 6.74. The number of carboxylic acid groups (broad SMARTS) is 1. The van der Waals surface area contributed by atoms with Gasteiger partial charge in [0.15, 0.2) is 0 Å². The van der Waals surface area contributed by atoms with Gasteiger partial charge >= 0.3 is 11.6 Å². The van der Waals surface area contributed by atoms with E-state index in [-0.39, 0.29) is 23.6 Å². The first-order chi connectivity index (χ1) is 17.7. The van der Waals surface area contributed by atoms with Crippen molar-refractivity contribution in [3.63, 3.8) is 0 Å². The first kappa shape index (κ1) is 25.0.